The maximum absolute atomic E-state index is 5.80. The van der Waals surface area contributed by atoms with Crippen LogP contribution >= 0.6 is 22.6 Å². The van der Waals surface area contributed by atoms with Crippen molar-refractivity contribution in [1.29, 1.82) is 0 Å². The zero-order valence-corrected chi connectivity index (χ0v) is 13.3. The second-order valence-electron chi connectivity index (χ2n) is 4.90. The number of hydrogen-bond donors (Lipinski definition) is 1. The molecule has 0 fully saturated rings. The van der Waals surface area contributed by atoms with Crippen molar-refractivity contribution in [3.63, 3.8) is 0 Å². The number of benzene rings is 1. The van der Waals surface area contributed by atoms with Gasteiger partial charge in [-0.2, -0.15) is 5.10 Å². The van der Waals surface area contributed by atoms with Gasteiger partial charge in [-0.15, -0.1) is 0 Å². The van der Waals surface area contributed by atoms with Crippen molar-refractivity contribution in [3.05, 3.63) is 38.7 Å². The Hall–Kier alpha value is -1.04. The maximum atomic E-state index is 5.80. The Morgan fingerprint density at radius 1 is 1.28 bits per heavy atom. The van der Waals surface area contributed by atoms with Gasteiger partial charge in [0.25, 0.3) is 0 Å². The summed E-state index contributed by atoms with van der Waals surface area (Å²) in [6.07, 6.45) is 0. The molecule has 4 heteroatoms. The quantitative estimate of drug-likeness (QED) is 0.658. The third-order valence-electron chi connectivity index (χ3n) is 3.14. The van der Waals surface area contributed by atoms with E-state index in [0.717, 1.165) is 20.6 Å². The largest absolute Gasteiger partial charge is 0.399 e. The van der Waals surface area contributed by atoms with Gasteiger partial charge in [0.05, 0.1) is 5.69 Å². The van der Waals surface area contributed by atoms with E-state index < -0.39 is 0 Å². The predicted molar refractivity (Wildman–Crippen MR) is 84.3 cm³/mol. The molecule has 0 aliphatic rings. The number of rotatable bonds is 2. The number of aryl methyl sites for hydroxylation is 1. The molecule has 0 saturated heterocycles. The summed E-state index contributed by atoms with van der Waals surface area (Å²) in [6.45, 7) is 8.59. The molecule has 96 valence electrons. The highest BCUT2D eigenvalue weighted by Crippen LogP contribution is 2.27. The van der Waals surface area contributed by atoms with Crippen molar-refractivity contribution in [1.82, 2.24) is 9.78 Å². The lowest BCUT2D eigenvalue weighted by Crippen LogP contribution is -2.03. The number of aromatic nitrogens is 2. The first-order valence-electron chi connectivity index (χ1n) is 6.03. The van der Waals surface area contributed by atoms with Crippen molar-refractivity contribution in [2.45, 2.75) is 33.6 Å². The molecule has 0 atom stereocenters. The molecule has 2 rings (SSSR count). The van der Waals surface area contributed by atoms with E-state index in [-0.39, 0.29) is 0 Å². The van der Waals surface area contributed by atoms with Gasteiger partial charge < -0.3 is 5.73 Å². The van der Waals surface area contributed by atoms with Crippen LogP contribution in [-0.2, 0) is 0 Å². The standard InChI is InChI=1S/C14H18IN3/c1-8(2)13-10(4)18(17-14(13)15)12-6-5-11(16)7-9(12)3/h5-8H,16H2,1-4H3. The van der Waals surface area contributed by atoms with Crippen LogP contribution in [0.1, 0.15) is 36.6 Å². The van der Waals surface area contributed by atoms with Crippen LogP contribution in [-0.4, -0.2) is 9.78 Å². The number of nitrogens with zero attached hydrogens (tertiary/aromatic N) is 2. The van der Waals surface area contributed by atoms with Gasteiger partial charge in [0.15, 0.2) is 0 Å². The molecular formula is C14H18IN3. The van der Waals surface area contributed by atoms with Gasteiger partial charge in [-0.05, 0) is 66.1 Å². The van der Waals surface area contributed by atoms with Gasteiger partial charge in [-0.25, -0.2) is 4.68 Å². The first-order valence-corrected chi connectivity index (χ1v) is 7.11. The summed E-state index contributed by atoms with van der Waals surface area (Å²) < 4.78 is 3.10. The highest BCUT2D eigenvalue weighted by Gasteiger charge is 2.17. The number of halogens is 1. The summed E-state index contributed by atoms with van der Waals surface area (Å²) in [7, 11) is 0. The Morgan fingerprint density at radius 2 is 1.94 bits per heavy atom. The molecule has 18 heavy (non-hydrogen) atoms. The van der Waals surface area contributed by atoms with Crippen molar-refractivity contribution in [2.75, 3.05) is 5.73 Å². The van der Waals surface area contributed by atoms with Crippen molar-refractivity contribution < 1.29 is 0 Å². The molecule has 0 aliphatic heterocycles. The van der Waals surface area contributed by atoms with Crippen LogP contribution in [0.25, 0.3) is 5.69 Å². The number of anilines is 1. The van der Waals surface area contributed by atoms with Gasteiger partial charge in [0.1, 0.15) is 3.70 Å². The minimum atomic E-state index is 0.486. The van der Waals surface area contributed by atoms with E-state index in [4.69, 9.17) is 5.73 Å². The van der Waals surface area contributed by atoms with Gasteiger partial charge in [0, 0.05) is 16.9 Å². The van der Waals surface area contributed by atoms with Crippen LogP contribution in [0.5, 0.6) is 0 Å². The summed E-state index contributed by atoms with van der Waals surface area (Å²) in [5, 5.41) is 4.65. The zero-order chi connectivity index (χ0) is 13.4. The monoisotopic (exact) mass is 355 g/mol. The van der Waals surface area contributed by atoms with Gasteiger partial charge in [-0.3, -0.25) is 0 Å². The van der Waals surface area contributed by atoms with Crippen LogP contribution in [0.3, 0.4) is 0 Å². The normalized spacial score (nSPS) is 11.2. The Balaban J connectivity index is 2.62. The molecule has 0 radical (unpaired) electrons. The van der Waals surface area contributed by atoms with E-state index in [1.54, 1.807) is 0 Å². The second kappa shape index (κ2) is 4.91. The Labute approximate surface area is 122 Å². The van der Waals surface area contributed by atoms with Crippen molar-refractivity contribution >= 4 is 28.3 Å². The molecule has 1 heterocycles. The molecule has 0 aliphatic carbocycles. The predicted octanol–water partition coefficient (Wildman–Crippen LogP) is 3.80. The summed E-state index contributed by atoms with van der Waals surface area (Å²) in [5.41, 5.74) is 11.4. The zero-order valence-electron chi connectivity index (χ0n) is 11.2. The minimum Gasteiger partial charge on any atom is -0.399 e. The Bertz CT molecular complexity index is 585. The van der Waals surface area contributed by atoms with Crippen LogP contribution in [0.15, 0.2) is 18.2 Å². The van der Waals surface area contributed by atoms with E-state index >= 15 is 0 Å². The topological polar surface area (TPSA) is 43.8 Å². The van der Waals surface area contributed by atoms with E-state index in [1.165, 1.54) is 11.3 Å². The molecule has 0 spiro atoms. The fourth-order valence-corrected chi connectivity index (χ4v) is 3.52. The third kappa shape index (κ3) is 2.25. The van der Waals surface area contributed by atoms with E-state index in [1.807, 2.05) is 22.9 Å². The molecule has 3 nitrogen and oxygen atoms in total. The summed E-state index contributed by atoms with van der Waals surface area (Å²) in [5.74, 6) is 0.486. The molecule has 2 aromatic rings. The summed E-state index contributed by atoms with van der Waals surface area (Å²) in [4.78, 5) is 0. The SMILES string of the molecule is Cc1cc(N)ccc1-n1nc(I)c(C(C)C)c1C. The molecule has 1 aromatic heterocycles. The fourth-order valence-electron chi connectivity index (χ4n) is 2.29. The van der Waals surface area contributed by atoms with Crippen molar-refractivity contribution in [2.24, 2.45) is 0 Å². The van der Waals surface area contributed by atoms with Gasteiger partial charge in [-0.1, -0.05) is 13.8 Å². The minimum absolute atomic E-state index is 0.486. The molecule has 2 N–H and O–H groups in total. The molecule has 0 saturated carbocycles. The highest BCUT2D eigenvalue weighted by molar-refractivity contribution is 14.1. The van der Waals surface area contributed by atoms with Crippen LogP contribution in [0.2, 0.25) is 0 Å². The van der Waals surface area contributed by atoms with Crippen LogP contribution < -0.4 is 5.73 Å². The molecular weight excluding hydrogens is 337 g/mol. The first kappa shape index (κ1) is 13.4. The smallest absolute Gasteiger partial charge is 0.127 e. The Morgan fingerprint density at radius 3 is 2.44 bits per heavy atom. The van der Waals surface area contributed by atoms with Gasteiger partial charge >= 0.3 is 0 Å². The van der Waals surface area contributed by atoms with E-state index in [2.05, 4.69) is 55.4 Å². The lowest BCUT2D eigenvalue weighted by atomic mass is 10.0. The highest BCUT2D eigenvalue weighted by atomic mass is 127. The molecule has 0 amide bonds. The maximum Gasteiger partial charge on any atom is 0.127 e. The first-order chi connectivity index (χ1) is 8.41. The molecule has 0 unspecified atom stereocenters. The van der Waals surface area contributed by atoms with Crippen LogP contribution in [0, 0.1) is 17.5 Å². The van der Waals surface area contributed by atoms with E-state index in [0.29, 0.717) is 5.92 Å². The lowest BCUT2D eigenvalue weighted by Gasteiger charge is -2.10. The number of nitrogen functional groups attached to an aromatic ring is 1. The lowest BCUT2D eigenvalue weighted by molar-refractivity contribution is 0.819. The average Bonchev–Trinajstić information content (AvgIpc) is 2.54. The van der Waals surface area contributed by atoms with Gasteiger partial charge in [0.2, 0.25) is 0 Å². The van der Waals surface area contributed by atoms with Crippen molar-refractivity contribution in [3.8, 4) is 5.69 Å². The molecule has 0 bridgehead atoms. The second-order valence-corrected chi connectivity index (χ2v) is 5.92. The third-order valence-corrected chi connectivity index (χ3v) is 3.94. The number of hydrogen-bond acceptors (Lipinski definition) is 2. The fraction of sp³-hybridized carbons (Fsp3) is 0.357. The summed E-state index contributed by atoms with van der Waals surface area (Å²) >= 11 is 2.31. The van der Waals surface area contributed by atoms with Crippen LogP contribution in [0.4, 0.5) is 5.69 Å². The average molecular weight is 355 g/mol. The molecule has 1 aromatic carbocycles. The van der Waals surface area contributed by atoms with E-state index in [9.17, 15) is 0 Å². The summed E-state index contributed by atoms with van der Waals surface area (Å²) in [6, 6.07) is 5.94. The number of nitrogens with two attached hydrogens (primary N) is 1. The Kier molecular flexibility index (Phi) is 3.66.